The molecule has 0 bridgehead atoms. The molecule has 0 atom stereocenters. The first-order valence-corrected chi connectivity index (χ1v) is 9.21. The summed E-state index contributed by atoms with van der Waals surface area (Å²) < 4.78 is 9.30. The van der Waals surface area contributed by atoms with Crippen molar-refractivity contribution in [3.63, 3.8) is 0 Å². The second-order valence-electron chi connectivity index (χ2n) is 6.31. The quantitative estimate of drug-likeness (QED) is 0.427. The van der Waals surface area contributed by atoms with E-state index >= 15 is 0 Å². The van der Waals surface area contributed by atoms with E-state index in [0.29, 0.717) is 36.4 Å². The number of hydrogen-bond acceptors (Lipinski definition) is 8. The molecule has 1 fully saturated rings. The van der Waals surface area contributed by atoms with Gasteiger partial charge >= 0.3 is 11.9 Å². The number of aliphatic hydroxyl groups is 4. The molecular formula is C20H32O8. The Labute approximate surface area is 165 Å². The highest BCUT2D eigenvalue weighted by atomic mass is 16.5. The highest BCUT2D eigenvalue weighted by Crippen LogP contribution is 2.27. The molecule has 0 radical (unpaired) electrons. The molecule has 1 aromatic carbocycles. The Morgan fingerprint density at radius 2 is 1.32 bits per heavy atom. The number of benzene rings is 1. The molecule has 160 valence electrons. The molecular weight excluding hydrogens is 368 g/mol. The summed E-state index contributed by atoms with van der Waals surface area (Å²) in [6.45, 7) is 1.73. The minimum atomic E-state index is -0.417. The van der Waals surface area contributed by atoms with E-state index in [1.165, 1.54) is 38.3 Å². The Kier molecular flexibility index (Phi) is 14.9. The average Bonchev–Trinajstić information content (AvgIpc) is 2.74. The summed E-state index contributed by atoms with van der Waals surface area (Å²) in [5.41, 5.74) is 0.420. The molecule has 28 heavy (non-hydrogen) atoms. The van der Waals surface area contributed by atoms with Crippen LogP contribution in [0.3, 0.4) is 0 Å². The van der Waals surface area contributed by atoms with Gasteiger partial charge in [-0.05, 0) is 61.8 Å². The zero-order valence-electron chi connectivity index (χ0n) is 16.5. The molecule has 8 nitrogen and oxygen atoms in total. The molecule has 0 aromatic heterocycles. The van der Waals surface area contributed by atoms with Crippen molar-refractivity contribution < 1.29 is 39.5 Å². The fraction of sp³-hybridized carbons (Fsp3) is 0.600. The van der Waals surface area contributed by atoms with Crippen molar-refractivity contribution in [1.29, 1.82) is 0 Å². The molecule has 2 rings (SSSR count). The number of rotatable bonds is 5. The van der Waals surface area contributed by atoms with Crippen molar-refractivity contribution in [2.75, 3.05) is 33.5 Å². The Bertz CT molecular complexity index is 522. The van der Waals surface area contributed by atoms with E-state index in [1.807, 2.05) is 0 Å². The molecule has 0 unspecified atom stereocenters. The third-order valence-corrected chi connectivity index (χ3v) is 4.12. The summed E-state index contributed by atoms with van der Waals surface area (Å²) in [6.07, 6.45) is 4.40. The van der Waals surface area contributed by atoms with Crippen molar-refractivity contribution in [2.45, 2.75) is 32.6 Å². The van der Waals surface area contributed by atoms with Gasteiger partial charge < -0.3 is 29.9 Å². The highest BCUT2D eigenvalue weighted by Gasteiger charge is 2.19. The summed E-state index contributed by atoms with van der Waals surface area (Å²) in [7, 11) is 1.31. The maximum absolute atomic E-state index is 11.0. The van der Waals surface area contributed by atoms with E-state index in [-0.39, 0.29) is 13.2 Å². The van der Waals surface area contributed by atoms with Crippen molar-refractivity contribution in [3.8, 4) is 5.75 Å². The molecule has 0 amide bonds. The summed E-state index contributed by atoms with van der Waals surface area (Å²) >= 11 is 0. The second kappa shape index (κ2) is 16.0. The van der Waals surface area contributed by atoms with Crippen molar-refractivity contribution in [1.82, 2.24) is 0 Å². The molecule has 4 N–H and O–H groups in total. The van der Waals surface area contributed by atoms with Crippen LogP contribution in [0.2, 0.25) is 0 Å². The minimum Gasteiger partial charge on any atom is -0.465 e. The molecule has 0 heterocycles. The van der Waals surface area contributed by atoms with E-state index in [9.17, 15) is 9.59 Å². The van der Waals surface area contributed by atoms with E-state index < -0.39 is 11.9 Å². The van der Waals surface area contributed by atoms with Crippen LogP contribution in [-0.4, -0.2) is 65.9 Å². The normalized spacial score (nSPS) is 17.9. The van der Waals surface area contributed by atoms with Gasteiger partial charge in [0.25, 0.3) is 0 Å². The number of methoxy groups -OCH3 is 1. The molecule has 1 aliphatic rings. The average molecular weight is 400 g/mol. The van der Waals surface area contributed by atoms with Crippen LogP contribution in [0.15, 0.2) is 24.3 Å². The number of hydrogen-bond donors (Lipinski definition) is 4. The lowest BCUT2D eigenvalue weighted by molar-refractivity contribution is -0.131. The topological polar surface area (TPSA) is 134 Å². The van der Waals surface area contributed by atoms with Crippen LogP contribution >= 0.6 is 0 Å². The third-order valence-electron chi connectivity index (χ3n) is 4.12. The number of aliphatic hydroxyl groups excluding tert-OH is 4. The van der Waals surface area contributed by atoms with Gasteiger partial charge in [-0.3, -0.25) is 4.79 Å². The molecule has 0 spiro atoms. The molecule has 1 aromatic rings. The maximum Gasteiger partial charge on any atom is 0.337 e. The van der Waals surface area contributed by atoms with Crippen molar-refractivity contribution in [3.05, 3.63) is 29.8 Å². The number of ether oxygens (including phenoxy) is 2. The molecule has 8 heteroatoms. The van der Waals surface area contributed by atoms with Gasteiger partial charge in [-0.2, -0.15) is 0 Å². The SMILES string of the molecule is COC(=O)c1ccc(OC(C)=O)cc1.OCC1CCC(CO)CC1.OCCO. The van der Waals surface area contributed by atoms with E-state index in [4.69, 9.17) is 25.2 Å². The lowest BCUT2D eigenvalue weighted by atomic mass is 9.83. The first-order valence-electron chi connectivity index (χ1n) is 9.21. The van der Waals surface area contributed by atoms with Gasteiger partial charge in [-0.15, -0.1) is 0 Å². The van der Waals surface area contributed by atoms with Gasteiger partial charge in [0.2, 0.25) is 0 Å². The van der Waals surface area contributed by atoms with Crippen molar-refractivity contribution in [2.24, 2.45) is 11.8 Å². The highest BCUT2D eigenvalue weighted by molar-refractivity contribution is 5.89. The maximum atomic E-state index is 11.0. The van der Waals surface area contributed by atoms with Crippen molar-refractivity contribution >= 4 is 11.9 Å². The lowest BCUT2D eigenvalue weighted by Crippen LogP contribution is -2.19. The van der Waals surface area contributed by atoms with Gasteiger partial charge in [0, 0.05) is 20.1 Å². The predicted molar refractivity (Wildman–Crippen MR) is 103 cm³/mol. The van der Waals surface area contributed by atoms with Crippen LogP contribution in [0, 0.1) is 11.8 Å². The monoisotopic (exact) mass is 400 g/mol. The Morgan fingerprint density at radius 3 is 1.61 bits per heavy atom. The minimum absolute atomic E-state index is 0.125. The summed E-state index contributed by atoms with van der Waals surface area (Å²) in [4.78, 5) is 21.6. The van der Waals surface area contributed by atoms with Crippen LogP contribution < -0.4 is 4.74 Å². The molecule has 1 aliphatic carbocycles. The van der Waals surface area contributed by atoms with E-state index in [1.54, 1.807) is 0 Å². The standard InChI is InChI=1S/C10H10O4.C8H16O2.C2H6O2/c1-7(11)14-9-5-3-8(4-6-9)10(12)13-2;9-5-7-1-2-8(6-10)4-3-7;3-1-2-4/h3-6H,1-2H3;7-10H,1-6H2;3-4H,1-2H2. The zero-order valence-corrected chi connectivity index (χ0v) is 16.5. The lowest BCUT2D eigenvalue weighted by Gasteiger charge is -2.25. The first-order chi connectivity index (χ1) is 13.4. The number of carbonyl (C=O) groups is 2. The van der Waals surface area contributed by atoms with E-state index in [2.05, 4.69) is 4.74 Å². The number of esters is 2. The summed E-state index contributed by atoms with van der Waals surface area (Å²) in [5, 5.41) is 32.8. The zero-order chi connectivity index (χ0) is 21.4. The van der Waals surface area contributed by atoms with Crippen LogP contribution in [0.4, 0.5) is 0 Å². The summed E-state index contributed by atoms with van der Waals surface area (Å²) in [6, 6.07) is 6.13. The summed E-state index contributed by atoms with van der Waals surface area (Å²) in [5.74, 6) is 0.631. The largest absolute Gasteiger partial charge is 0.465 e. The van der Waals surface area contributed by atoms with Gasteiger partial charge in [0.05, 0.1) is 25.9 Å². The fourth-order valence-electron chi connectivity index (χ4n) is 2.54. The molecule has 0 aliphatic heterocycles. The van der Waals surface area contributed by atoms with Gasteiger partial charge in [0.1, 0.15) is 5.75 Å². The second-order valence-corrected chi connectivity index (χ2v) is 6.31. The predicted octanol–water partition coefficient (Wildman–Crippen LogP) is 1.15. The van der Waals surface area contributed by atoms with Gasteiger partial charge in [-0.25, -0.2) is 4.79 Å². The van der Waals surface area contributed by atoms with Gasteiger partial charge in [0.15, 0.2) is 0 Å². The third kappa shape index (κ3) is 11.7. The van der Waals surface area contributed by atoms with Crippen LogP contribution in [-0.2, 0) is 9.53 Å². The van der Waals surface area contributed by atoms with E-state index in [0.717, 1.165) is 25.7 Å². The Balaban J connectivity index is 0.000000454. The Hall–Kier alpha value is -2.00. The van der Waals surface area contributed by atoms with Gasteiger partial charge in [-0.1, -0.05) is 0 Å². The van der Waals surface area contributed by atoms with Crippen LogP contribution in [0.1, 0.15) is 43.0 Å². The van der Waals surface area contributed by atoms with Crippen LogP contribution in [0.25, 0.3) is 0 Å². The smallest absolute Gasteiger partial charge is 0.337 e. The first kappa shape index (κ1) is 26.0. The molecule has 0 saturated heterocycles. The van der Waals surface area contributed by atoms with Crippen LogP contribution in [0.5, 0.6) is 5.75 Å². The molecule has 1 saturated carbocycles. The number of carbonyl (C=O) groups excluding carboxylic acids is 2. The Morgan fingerprint density at radius 1 is 0.893 bits per heavy atom. The fourth-order valence-corrected chi connectivity index (χ4v) is 2.54.